The Labute approximate surface area is 203 Å². The predicted molar refractivity (Wildman–Crippen MR) is 135 cm³/mol. The molecule has 0 aliphatic carbocycles. The van der Waals surface area contributed by atoms with Gasteiger partial charge in [-0.25, -0.2) is 4.98 Å². The Bertz CT molecular complexity index is 1150. The van der Waals surface area contributed by atoms with Crippen molar-refractivity contribution in [2.24, 2.45) is 0 Å². The number of methoxy groups -OCH3 is 3. The average molecular weight is 490 g/mol. The number of aryl methyl sites for hydroxylation is 1. The predicted octanol–water partition coefficient (Wildman–Crippen LogP) is 4.89. The highest BCUT2D eigenvalue weighted by molar-refractivity contribution is 7.22. The van der Waals surface area contributed by atoms with Crippen LogP contribution in [0.4, 0.5) is 5.13 Å². The number of nitrogens with zero attached hydrogens (tertiary/aromatic N) is 3. The second kappa shape index (κ2) is 10.9. The molecule has 0 radical (unpaired) electrons. The largest absolute Gasteiger partial charge is 0.493 e. The number of rotatable bonds is 9. The molecule has 0 N–H and O–H groups in total. The number of fused-ring (bicyclic) bond motifs is 1. The summed E-state index contributed by atoms with van der Waals surface area (Å²) in [7, 11) is 8.60. The zero-order chi connectivity index (χ0) is 24.1. The summed E-state index contributed by atoms with van der Waals surface area (Å²) in [5, 5.41) is 1.30. The number of halogens is 1. The van der Waals surface area contributed by atoms with Gasteiger partial charge in [-0.05, 0) is 62.5 Å². The highest BCUT2D eigenvalue weighted by Crippen LogP contribution is 2.38. The van der Waals surface area contributed by atoms with Gasteiger partial charge in [-0.15, -0.1) is 0 Å². The standard InChI is InChI=1S/C24H28ClN3O4S/c1-15-17(25)8-9-20-22(15)26-24(33-20)28(12-11-27(2)3)21(29)10-7-16-13-18(30-4)23(32-6)19(14-16)31-5/h7-10,13-14H,11-12H2,1-6H3. The van der Waals surface area contributed by atoms with E-state index in [-0.39, 0.29) is 5.91 Å². The molecule has 1 heterocycles. The number of anilines is 1. The van der Waals surface area contributed by atoms with Crippen molar-refractivity contribution in [3.8, 4) is 17.2 Å². The minimum atomic E-state index is -0.173. The molecule has 7 nitrogen and oxygen atoms in total. The van der Waals surface area contributed by atoms with E-state index in [1.54, 1.807) is 44.4 Å². The normalized spacial score (nSPS) is 11.4. The van der Waals surface area contributed by atoms with Crippen LogP contribution in [0, 0.1) is 6.92 Å². The quantitative estimate of drug-likeness (QED) is 0.399. The summed E-state index contributed by atoms with van der Waals surface area (Å²) in [5.74, 6) is 1.37. The number of ether oxygens (including phenoxy) is 3. The first-order chi connectivity index (χ1) is 15.8. The lowest BCUT2D eigenvalue weighted by Crippen LogP contribution is -2.35. The summed E-state index contributed by atoms with van der Waals surface area (Å²) in [6, 6.07) is 7.38. The van der Waals surface area contributed by atoms with E-state index in [0.717, 1.165) is 21.3 Å². The molecule has 0 aliphatic heterocycles. The van der Waals surface area contributed by atoms with E-state index in [1.165, 1.54) is 17.4 Å². The summed E-state index contributed by atoms with van der Waals surface area (Å²) in [6.45, 7) is 3.13. The molecule has 1 amide bonds. The fourth-order valence-electron chi connectivity index (χ4n) is 3.26. The third kappa shape index (κ3) is 5.58. The number of hydrogen-bond acceptors (Lipinski definition) is 7. The van der Waals surface area contributed by atoms with E-state index in [2.05, 4.69) is 0 Å². The van der Waals surface area contributed by atoms with Crippen molar-refractivity contribution in [2.45, 2.75) is 6.92 Å². The second-order valence-electron chi connectivity index (χ2n) is 7.60. The van der Waals surface area contributed by atoms with E-state index in [4.69, 9.17) is 30.8 Å². The summed E-state index contributed by atoms with van der Waals surface area (Å²) in [5.41, 5.74) is 2.47. The number of amides is 1. The molecule has 0 saturated carbocycles. The smallest absolute Gasteiger partial charge is 0.252 e. The Kier molecular flexibility index (Phi) is 8.18. The van der Waals surface area contributed by atoms with E-state index >= 15 is 0 Å². The lowest BCUT2D eigenvalue weighted by atomic mass is 10.1. The summed E-state index contributed by atoms with van der Waals surface area (Å²) in [6.07, 6.45) is 3.26. The van der Waals surface area contributed by atoms with Gasteiger partial charge in [0.15, 0.2) is 16.6 Å². The number of carbonyl (C=O) groups is 1. The summed E-state index contributed by atoms with van der Waals surface area (Å²) in [4.78, 5) is 21.7. The van der Waals surface area contributed by atoms with Gasteiger partial charge in [-0.1, -0.05) is 22.9 Å². The number of thiazole rings is 1. The molecule has 0 bridgehead atoms. The van der Waals surface area contributed by atoms with Crippen LogP contribution < -0.4 is 19.1 Å². The molecule has 3 aromatic rings. The van der Waals surface area contributed by atoms with Crippen LogP contribution in [0.1, 0.15) is 11.1 Å². The van der Waals surface area contributed by atoms with Crippen LogP contribution >= 0.6 is 22.9 Å². The molecule has 0 unspecified atom stereocenters. The molecular weight excluding hydrogens is 462 g/mol. The van der Waals surface area contributed by atoms with Crippen LogP contribution in [-0.4, -0.2) is 64.3 Å². The van der Waals surface area contributed by atoms with Gasteiger partial charge in [0.05, 0.1) is 31.5 Å². The Morgan fingerprint density at radius 3 is 2.33 bits per heavy atom. The maximum Gasteiger partial charge on any atom is 0.252 e. The summed E-state index contributed by atoms with van der Waals surface area (Å²) < 4.78 is 17.2. The molecular formula is C24H28ClN3O4S. The second-order valence-corrected chi connectivity index (χ2v) is 9.02. The van der Waals surface area contributed by atoms with Gasteiger partial charge in [-0.2, -0.15) is 0 Å². The third-order valence-electron chi connectivity index (χ3n) is 5.11. The number of benzene rings is 2. The molecule has 9 heteroatoms. The number of carbonyl (C=O) groups excluding carboxylic acids is 1. The Balaban J connectivity index is 1.95. The Hall–Kier alpha value is -2.81. The van der Waals surface area contributed by atoms with Crippen LogP contribution in [0.25, 0.3) is 16.3 Å². The minimum Gasteiger partial charge on any atom is -0.493 e. The van der Waals surface area contributed by atoms with Crippen LogP contribution in [0.2, 0.25) is 5.02 Å². The van der Waals surface area contributed by atoms with Crippen LogP contribution in [-0.2, 0) is 4.79 Å². The van der Waals surface area contributed by atoms with Gasteiger partial charge in [-0.3, -0.25) is 9.69 Å². The monoisotopic (exact) mass is 489 g/mol. The molecule has 2 aromatic carbocycles. The lowest BCUT2D eigenvalue weighted by molar-refractivity contribution is -0.114. The summed E-state index contributed by atoms with van der Waals surface area (Å²) >= 11 is 7.74. The van der Waals surface area contributed by atoms with Gasteiger partial charge in [0.25, 0.3) is 5.91 Å². The fourth-order valence-corrected chi connectivity index (χ4v) is 4.47. The molecule has 176 valence electrons. The van der Waals surface area contributed by atoms with Gasteiger partial charge in [0.1, 0.15) is 0 Å². The molecule has 0 atom stereocenters. The average Bonchev–Trinajstić information content (AvgIpc) is 3.23. The van der Waals surface area contributed by atoms with Crippen molar-refractivity contribution in [3.05, 3.63) is 46.5 Å². The van der Waals surface area contributed by atoms with Crippen molar-refractivity contribution in [3.63, 3.8) is 0 Å². The molecule has 0 spiro atoms. The van der Waals surface area contributed by atoms with Crippen LogP contribution in [0.15, 0.2) is 30.3 Å². The number of hydrogen-bond donors (Lipinski definition) is 0. The first-order valence-corrected chi connectivity index (χ1v) is 11.5. The molecule has 1 aromatic heterocycles. The maximum absolute atomic E-state index is 13.3. The van der Waals surface area contributed by atoms with Crippen molar-refractivity contribution in [1.29, 1.82) is 0 Å². The molecule has 0 aliphatic rings. The Morgan fingerprint density at radius 1 is 1.09 bits per heavy atom. The zero-order valence-electron chi connectivity index (χ0n) is 19.6. The highest BCUT2D eigenvalue weighted by Gasteiger charge is 2.20. The maximum atomic E-state index is 13.3. The van der Waals surface area contributed by atoms with E-state index < -0.39 is 0 Å². The van der Waals surface area contributed by atoms with E-state index in [0.29, 0.717) is 40.5 Å². The highest BCUT2D eigenvalue weighted by atomic mass is 35.5. The van der Waals surface area contributed by atoms with E-state index in [1.807, 2.05) is 38.1 Å². The first kappa shape index (κ1) is 24.8. The topological polar surface area (TPSA) is 64.1 Å². The third-order valence-corrected chi connectivity index (χ3v) is 6.56. The van der Waals surface area contributed by atoms with Gasteiger partial charge >= 0.3 is 0 Å². The lowest BCUT2D eigenvalue weighted by Gasteiger charge is -2.20. The molecule has 0 saturated heterocycles. The van der Waals surface area contributed by atoms with Crippen LogP contribution in [0.3, 0.4) is 0 Å². The van der Waals surface area contributed by atoms with Crippen LogP contribution in [0.5, 0.6) is 17.2 Å². The van der Waals surface area contributed by atoms with Crippen molar-refractivity contribution < 1.29 is 19.0 Å². The molecule has 0 fully saturated rings. The SMILES string of the molecule is COc1cc(C=CC(=O)N(CCN(C)C)c2nc3c(C)c(Cl)ccc3s2)cc(OC)c1OC. The van der Waals surface area contributed by atoms with Crippen molar-refractivity contribution >= 4 is 50.3 Å². The van der Waals surface area contributed by atoms with E-state index in [9.17, 15) is 4.79 Å². The van der Waals surface area contributed by atoms with Gasteiger partial charge < -0.3 is 19.1 Å². The molecule has 33 heavy (non-hydrogen) atoms. The first-order valence-electron chi connectivity index (χ1n) is 10.3. The zero-order valence-corrected chi connectivity index (χ0v) is 21.2. The fraction of sp³-hybridized carbons (Fsp3) is 0.333. The van der Waals surface area contributed by atoms with Gasteiger partial charge in [0, 0.05) is 24.2 Å². The van der Waals surface area contributed by atoms with Gasteiger partial charge in [0.2, 0.25) is 5.75 Å². The van der Waals surface area contributed by atoms with Crippen molar-refractivity contribution in [1.82, 2.24) is 9.88 Å². The van der Waals surface area contributed by atoms with Crippen molar-refractivity contribution in [2.75, 3.05) is 53.4 Å². The Morgan fingerprint density at radius 2 is 1.76 bits per heavy atom. The number of likely N-dealkylation sites (N-methyl/N-ethyl adjacent to an activating group) is 1. The molecule has 3 rings (SSSR count). The number of aromatic nitrogens is 1. The minimum absolute atomic E-state index is 0.173.